The maximum Gasteiger partial charge on any atom is 0.0633 e. The Balaban J connectivity index is 2.76. The van der Waals surface area contributed by atoms with Crippen molar-refractivity contribution in [3.8, 4) is 0 Å². The molecule has 1 aromatic heterocycles. The average molecular weight is 227 g/mol. The Bertz CT molecular complexity index is 330. The Kier molecular flexibility index (Phi) is 3.97. The number of hydrogen-bond acceptors (Lipinski definition) is 1. The van der Waals surface area contributed by atoms with Crippen LogP contribution in [0.1, 0.15) is 32.5 Å². The Hall–Kier alpha value is -0.760. The smallest absolute Gasteiger partial charge is 0.0633 e. The number of nitrogens with zero attached hydrogens (tertiary/aromatic N) is 2. The number of aromatic nitrogens is 2. The van der Waals surface area contributed by atoms with E-state index in [2.05, 4.69) is 32.4 Å². The van der Waals surface area contributed by atoms with Gasteiger partial charge in [0.2, 0.25) is 0 Å². The van der Waals surface area contributed by atoms with Gasteiger partial charge in [-0.3, -0.25) is 4.68 Å². The third-order valence-corrected chi connectivity index (χ3v) is 3.19. The molecule has 84 valence electrons. The molecular formula is C12H19ClN2. The molecular weight excluding hydrogens is 208 g/mol. The predicted molar refractivity (Wildman–Crippen MR) is 65.3 cm³/mol. The third kappa shape index (κ3) is 3.10. The second-order valence-corrected chi connectivity index (χ2v) is 4.82. The van der Waals surface area contributed by atoms with Gasteiger partial charge in [-0.25, -0.2) is 0 Å². The molecule has 15 heavy (non-hydrogen) atoms. The Morgan fingerprint density at radius 1 is 1.67 bits per heavy atom. The van der Waals surface area contributed by atoms with Crippen molar-refractivity contribution in [2.24, 2.45) is 5.41 Å². The van der Waals surface area contributed by atoms with Crippen LogP contribution >= 0.6 is 11.6 Å². The molecule has 0 radical (unpaired) electrons. The van der Waals surface area contributed by atoms with Crippen LogP contribution in [0, 0.1) is 5.41 Å². The minimum absolute atomic E-state index is 0.0578. The van der Waals surface area contributed by atoms with Crippen molar-refractivity contribution < 1.29 is 0 Å². The van der Waals surface area contributed by atoms with E-state index in [4.69, 9.17) is 11.6 Å². The zero-order valence-corrected chi connectivity index (χ0v) is 10.5. The SMILES string of the molecule is C=CC(C)(CCl)Cc1ccn(C(C)C)n1. The van der Waals surface area contributed by atoms with E-state index in [0.717, 1.165) is 12.1 Å². The van der Waals surface area contributed by atoms with E-state index in [1.54, 1.807) is 0 Å². The first-order chi connectivity index (χ1) is 7.00. The van der Waals surface area contributed by atoms with Crippen LogP contribution in [0.5, 0.6) is 0 Å². The van der Waals surface area contributed by atoms with Crippen LogP contribution < -0.4 is 0 Å². The van der Waals surface area contributed by atoms with Crippen LogP contribution in [0.4, 0.5) is 0 Å². The molecule has 0 N–H and O–H groups in total. The zero-order valence-electron chi connectivity index (χ0n) is 9.70. The third-order valence-electron chi connectivity index (χ3n) is 2.58. The highest BCUT2D eigenvalue weighted by Gasteiger charge is 2.20. The summed E-state index contributed by atoms with van der Waals surface area (Å²) in [6, 6.07) is 2.46. The monoisotopic (exact) mass is 226 g/mol. The summed E-state index contributed by atoms with van der Waals surface area (Å²) in [5.41, 5.74) is 1.02. The molecule has 0 saturated heterocycles. The Labute approximate surface area is 96.9 Å². The average Bonchev–Trinajstić information content (AvgIpc) is 2.66. The van der Waals surface area contributed by atoms with Gasteiger partial charge in [-0.15, -0.1) is 18.2 Å². The molecule has 2 nitrogen and oxygen atoms in total. The number of allylic oxidation sites excluding steroid dienone is 1. The summed E-state index contributed by atoms with van der Waals surface area (Å²) < 4.78 is 1.97. The molecule has 0 spiro atoms. The van der Waals surface area contributed by atoms with Crippen LogP contribution in [0.15, 0.2) is 24.9 Å². The normalized spacial score (nSPS) is 15.3. The molecule has 0 aromatic carbocycles. The minimum atomic E-state index is -0.0578. The molecule has 0 aliphatic rings. The number of rotatable bonds is 5. The summed E-state index contributed by atoms with van der Waals surface area (Å²) in [6.07, 6.45) is 4.77. The standard InChI is InChI=1S/C12H19ClN2/c1-5-12(4,9-13)8-11-6-7-15(14-11)10(2)3/h5-7,10H,1,8-9H2,2-4H3. The van der Waals surface area contributed by atoms with E-state index in [1.807, 2.05) is 23.0 Å². The molecule has 0 saturated carbocycles. The lowest BCUT2D eigenvalue weighted by Gasteiger charge is -2.21. The molecule has 3 heteroatoms. The first kappa shape index (κ1) is 12.3. The van der Waals surface area contributed by atoms with E-state index in [0.29, 0.717) is 11.9 Å². The van der Waals surface area contributed by atoms with Gasteiger partial charge in [0, 0.05) is 30.0 Å². The van der Waals surface area contributed by atoms with Crippen LogP contribution in [0.3, 0.4) is 0 Å². The molecule has 0 amide bonds. The van der Waals surface area contributed by atoms with Gasteiger partial charge in [0.05, 0.1) is 5.69 Å². The molecule has 0 bridgehead atoms. The van der Waals surface area contributed by atoms with Gasteiger partial charge in [0.15, 0.2) is 0 Å². The first-order valence-corrected chi connectivity index (χ1v) is 5.78. The number of halogens is 1. The van der Waals surface area contributed by atoms with E-state index in [-0.39, 0.29) is 5.41 Å². The van der Waals surface area contributed by atoms with Crippen LogP contribution in [-0.4, -0.2) is 15.7 Å². The number of hydrogen-bond donors (Lipinski definition) is 0. The molecule has 0 aliphatic carbocycles. The molecule has 1 atom stereocenters. The highest BCUT2D eigenvalue weighted by atomic mass is 35.5. The van der Waals surface area contributed by atoms with Gasteiger partial charge in [-0.1, -0.05) is 13.0 Å². The predicted octanol–water partition coefficient (Wildman–Crippen LogP) is 3.44. The summed E-state index contributed by atoms with van der Waals surface area (Å²) in [7, 11) is 0. The highest BCUT2D eigenvalue weighted by Crippen LogP contribution is 2.24. The first-order valence-electron chi connectivity index (χ1n) is 5.24. The molecule has 0 aliphatic heterocycles. The fourth-order valence-electron chi connectivity index (χ4n) is 1.35. The van der Waals surface area contributed by atoms with Crippen molar-refractivity contribution in [2.75, 3.05) is 5.88 Å². The summed E-state index contributed by atoms with van der Waals surface area (Å²) in [6.45, 7) is 10.2. The van der Waals surface area contributed by atoms with Crippen molar-refractivity contribution in [1.82, 2.24) is 9.78 Å². The molecule has 0 fully saturated rings. The zero-order chi connectivity index (χ0) is 11.5. The second kappa shape index (κ2) is 4.84. The lowest BCUT2D eigenvalue weighted by atomic mass is 9.88. The molecule has 1 aromatic rings. The van der Waals surface area contributed by atoms with E-state index >= 15 is 0 Å². The molecule has 1 unspecified atom stereocenters. The molecule has 1 rings (SSSR count). The summed E-state index contributed by atoms with van der Waals surface area (Å²) >= 11 is 5.92. The van der Waals surface area contributed by atoms with Gasteiger partial charge < -0.3 is 0 Å². The summed E-state index contributed by atoms with van der Waals surface area (Å²) in [5, 5.41) is 4.50. The second-order valence-electron chi connectivity index (χ2n) is 4.55. The summed E-state index contributed by atoms with van der Waals surface area (Å²) in [4.78, 5) is 0. The van der Waals surface area contributed by atoms with Crippen molar-refractivity contribution >= 4 is 11.6 Å². The van der Waals surface area contributed by atoms with E-state index < -0.39 is 0 Å². The fraction of sp³-hybridized carbons (Fsp3) is 0.583. The lowest BCUT2D eigenvalue weighted by Crippen LogP contribution is -2.19. The number of alkyl halides is 1. The largest absolute Gasteiger partial charge is 0.270 e. The topological polar surface area (TPSA) is 17.8 Å². The van der Waals surface area contributed by atoms with E-state index in [9.17, 15) is 0 Å². The summed E-state index contributed by atoms with van der Waals surface area (Å²) in [5.74, 6) is 0.574. The molecule has 1 heterocycles. The highest BCUT2D eigenvalue weighted by molar-refractivity contribution is 6.18. The minimum Gasteiger partial charge on any atom is -0.270 e. The maximum atomic E-state index is 5.92. The van der Waals surface area contributed by atoms with Gasteiger partial charge >= 0.3 is 0 Å². The Morgan fingerprint density at radius 2 is 2.33 bits per heavy atom. The van der Waals surface area contributed by atoms with Crippen LogP contribution in [-0.2, 0) is 6.42 Å². The van der Waals surface area contributed by atoms with Gasteiger partial charge in [-0.2, -0.15) is 5.10 Å². The fourth-order valence-corrected chi connectivity index (χ4v) is 1.55. The lowest BCUT2D eigenvalue weighted by molar-refractivity contribution is 0.464. The van der Waals surface area contributed by atoms with Crippen LogP contribution in [0.2, 0.25) is 0 Å². The van der Waals surface area contributed by atoms with Gasteiger partial charge in [0.1, 0.15) is 0 Å². The van der Waals surface area contributed by atoms with Crippen molar-refractivity contribution in [1.29, 1.82) is 0 Å². The Morgan fingerprint density at radius 3 is 2.73 bits per heavy atom. The van der Waals surface area contributed by atoms with Gasteiger partial charge in [-0.05, 0) is 19.9 Å². The maximum absolute atomic E-state index is 5.92. The van der Waals surface area contributed by atoms with Gasteiger partial charge in [0.25, 0.3) is 0 Å². The van der Waals surface area contributed by atoms with E-state index in [1.165, 1.54) is 0 Å². The quantitative estimate of drug-likeness (QED) is 0.556. The van der Waals surface area contributed by atoms with Crippen molar-refractivity contribution in [3.63, 3.8) is 0 Å². The van der Waals surface area contributed by atoms with Crippen molar-refractivity contribution in [2.45, 2.75) is 33.2 Å². The van der Waals surface area contributed by atoms with Crippen molar-refractivity contribution in [3.05, 3.63) is 30.6 Å². The van der Waals surface area contributed by atoms with Crippen LogP contribution in [0.25, 0.3) is 0 Å².